The summed E-state index contributed by atoms with van der Waals surface area (Å²) in [6.07, 6.45) is -0.520. The van der Waals surface area contributed by atoms with E-state index in [4.69, 9.17) is 9.84 Å². The summed E-state index contributed by atoms with van der Waals surface area (Å²) in [5.74, 6) is 4.88. The Morgan fingerprint density at radius 2 is 1.70 bits per heavy atom. The molecule has 0 spiro atoms. The number of carbonyl (C=O) groups is 2. The molecule has 0 saturated carbocycles. The van der Waals surface area contributed by atoms with Crippen LogP contribution in [0.1, 0.15) is 21.5 Å². The maximum Gasteiger partial charge on any atom is 0.408 e. The normalized spacial score (nSPS) is 9.93. The van der Waals surface area contributed by atoms with E-state index in [2.05, 4.69) is 17.2 Å². The van der Waals surface area contributed by atoms with Crippen molar-refractivity contribution in [2.45, 2.75) is 6.61 Å². The SMILES string of the molecule is O=C(NCC#Cc1ccc2cc(C(=O)O)ccc2c1)OCc1ccccc1. The number of hydrogen-bond donors (Lipinski definition) is 2. The Kier molecular flexibility index (Phi) is 5.70. The molecule has 0 radical (unpaired) electrons. The number of fused-ring (bicyclic) bond motifs is 1. The molecule has 0 atom stereocenters. The van der Waals surface area contributed by atoms with Gasteiger partial charge in [0.2, 0.25) is 0 Å². The van der Waals surface area contributed by atoms with E-state index in [1.54, 1.807) is 18.2 Å². The van der Waals surface area contributed by atoms with Crippen LogP contribution in [0, 0.1) is 11.8 Å². The minimum absolute atomic E-state index is 0.170. The Hall–Kier alpha value is -3.78. The van der Waals surface area contributed by atoms with Crippen LogP contribution in [0.5, 0.6) is 0 Å². The summed E-state index contributed by atoms with van der Waals surface area (Å²) < 4.78 is 5.10. The molecule has 3 aromatic rings. The van der Waals surface area contributed by atoms with Gasteiger partial charge < -0.3 is 15.2 Å². The van der Waals surface area contributed by atoms with Crippen molar-refractivity contribution in [2.24, 2.45) is 0 Å². The highest BCUT2D eigenvalue weighted by Crippen LogP contribution is 2.17. The number of carbonyl (C=O) groups excluding carboxylic acids is 1. The monoisotopic (exact) mass is 359 g/mol. The molecule has 0 aliphatic heterocycles. The fourth-order valence-corrected chi connectivity index (χ4v) is 2.49. The second-order valence-corrected chi connectivity index (χ2v) is 5.80. The van der Waals surface area contributed by atoms with Crippen LogP contribution >= 0.6 is 0 Å². The molecule has 3 aromatic carbocycles. The van der Waals surface area contributed by atoms with E-state index < -0.39 is 12.1 Å². The molecule has 5 nitrogen and oxygen atoms in total. The number of alkyl carbamates (subject to hydrolysis) is 1. The van der Waals surface area contributed by atoms with Crippen LogP contribution in [0.4, 0.5) is 4.79 Å². The van der Waals surface area contributed by atoms with E-state index in [9.17, 15) is 9.59 Å². The first kappa shape index (κ1) is 18.0. The molecule has 0 aromatic heterocycles. The molecular weight excluding hydrogens is 342 g/mol. The number of rotatable bonds is 4. The van der Waals surface area contributed by atoms with Gasteiger partial charge in [-0.1, -0.05) is 54.3 Å². The van der Waals surface area contributed by atoms with Crippen molar-refractivity contribution in [3.63, 3.8) is 0 Å². The third-order valence-electron chi connectivity index (χ3n) is 3.85. The van der Waals surface area contributed by atoms with Gasteiger partial charge in [-0.25, -0.2) is 9.59 Å². The third-order valence-corrected chi connectivity index (χ3v) is 3.85. The number of carboxylic acids is 1. The van der Waals surface area contributed by atoms with Crippen molar-refractivity contribution in [3.8, 4) is 11.8 Å². The minimum atomic E-state index is -0.953. The van der Waals surface area contributed by atoms with Crippen molar-refractivity contribution in [1.29, 1.82) is 0 Å². The lowest BCUT2D eigenvalue weighted by Gasteiger charge is -2.04. The first-order chi connectivity index (χ1) is 13.1. The van der Waals surface area contributed by atoms with Gasteiger partial charge in [0.1, 0.15) is 6.61 Å². The number of carboxylic acid groups (broad SMARTS) is 1. The van der Waals surface area contributed by atoms with Crippen LogP contribution in [-0.4, -0.2) is 23.7 Å². The maximum atomic E-state index is 11.6. The average Bonchev–Trinajstić information content (AvgIpc) is 2.70. The molecule has 5 heteroatoms. The predicted octanol–water partition coefficient (Wildman–Crippen LogP) is 3.82. The topological polar surface area (TPSA) is 75.6 Å². The first-order valence-corrected chi connectivity index (χ1v) is 8.32. The number of hydrogen-bond acceptors (Lipinski definition) is 3. The van der Waals surface area contributed by atoms with E-state index in [0.717, 1.165) is 21.9 Å². The molecule has 0 heterocycles. The van der Waals surface area contributed by atoms with Gasteiger partial charge in [0.25, 0.3) is 0 Å². The van der Waals surface area contributed by atoms with Gasteiger partial charge in [-0.15, -0.1) is 0 Å². The molecular formula is C22H17NO4. The van der Waals surface area contributed by atoms with Crippen molar-refractivity contribution in [2.75, 3.05) is 6.54 Å². The van der Waals surface area contributed by atoms with Gasteiger partial charge in [-0.05, 0) is 40.6 Å². The van der Waals surface area contributed by atoms with Gasteiger partial charge in [0.15, 0.2) is 0 Å². The summed E-state index contributed by atoms with van der Waals surface area (Å²) in [5.41, 5.74) is 1.95. The summed E-state index contributed by atoms with van der Waals surface area (Å²) >= 11 is 0. The highest BCUT2D eigenvalue weighted by molar-refractivity contribution is 5.94. The minimum Gasteiger partial charge on any atom is -0.478 e. The van der Waals surface area contributed by atoms with Crippen molar-refractivity contribution in [3.05, 3.63) is 83.4 Å². The lowest BCUT2D eigenvalue weighted by atomic mass is 10.0. The zero-order chi connectivity index (χ0) is 19.1. The molecule has 0 bridgehead atoms. The van der Waals surface area contributed by atoms with Crippen LogP contribution in [0.25, 0.3) is 10.8 Å². The van der Waals surface area contributed by atoms with Gasteiger partial charge in [0, 0.05) is 5.56 Å². The molecule has 0 aliphatic rings. The molecule has 0 aliphatic carbocycles. The molecule has 3 rings (SSSR count). The lowest BCUT2D eigenvalue weighted by Crippen LogP contribution is -2.24. The lowest BCUT2D eigenvalue weighted by molar-refractivity contribution is 0.0697. The Morgan fingerprint density at radius 3 is 2.48 bits per heavy atom. The van der Waals surface area contributed by atoms with Crippen LogP contribution in [0.2, 0.25) is 0 Å². The summed E-state index contributed by atoms with van der Waals surface area (Å²) in [4.78, 5) is 22.6. The summed E-state index contributed by atoms with van der Waals surface area (Å²) in [5, 5.41) is 13.3. The number of ether oxygens (including phenoxy) is 1. The van der Waals surface area contributed by atoms with Gasteiger partial charge in [0.05, 0.1) is 12.1 Å². The van der Waals surface area contributed by atoms with Gasteiger partial charge in [-0.3, -0.25) is 0 Å². The second-order valence-electron chi connectivity index (χ2n) is 5.80. The number of amides is 1. The first-order valence-electron chi connectivity index (χ1n) is 8.32. The van der Waals surface area contributed by atoms with E-state index in [-0.39, 0.29) is 18.7 Å². The molecule has 2 N–H and O–H groups in total. The van der Waals surface area contributed by atoms with Crippen molar-refractivity contribution in [1.82, 2.24) is 5.32 Å². The molecule has 134 valence electrons. The predicted molar refractivity (Wildman–Crippen MR) is 102 cm³/mol. The van der Waals surface area contributed by atoms with Crippen LogP contribution in [0.15, 0.2) is 66.7 Å². The van der Waals surface area contributed by atoms with E-state index >= 15 is 0 Å². The zero-order valence-corrected chi connectivity index (χ0v) is 14.4. The van der Waals surface area contributed by atoms with Crippen molar-refractivity contribution >= 4 is 22.8 Å². The largest absolute Gasteiger partial charge is 0.478 e. The average molecular weight is 359 g/mol. The van der Waals surface area contributed by atoms with Crippen LogP contribution in [0.3, 0.4) is 0 Å². The number of nitrogens with one attached hydrogen (secondary N) is 1. The van der Waals surface area contributed by atoms with E-state index in [0.29, 0.717) is 0 Å². The Morgan fingerprint density at radius 1 is 0.963 bits per heavy atom. The van der Waals surface area contributed by atoms with Crippen molar-refractivity contribution < 1.29 is 19.4 Å². The van der Waals surface area contributed by atoms with E-state index in [1.807, 2.05) is 48.5 Å². The number of benzene rings is 3. The van der Waals surface area contributed by atoms with E-state index in [1.165, 1.54) is 0 Å². The summed E-state index contributed by atoms with van der Waals surface area (Å²) in [6, 6.07) is 19.9. The quantitative estimate of drug-likeness (QED) is 0.695. The Balaban J connectivity index is 1.53. The smallest absolute Gasteiger partial charge is 0.408 e. The fraction of sp³-hybridized carbons (Fsp3) is 0.0909. The summed E-state index contributed by atoms with van der Waals surface area (Å²) in [7, 11) is 0. The molecule has 0 saturated heterocycles. The maximum absolute atomic E-state index is 11.6. The third kappa shape index (κ3) is 5.10. The Labute approximate surface area is 156 Å². The fourth-order valence-electron chi connectivity index (χ4n) is 2.49. The highest BCUT2D eigenvalue weighted by atomic mass is 16.5. The number of aromatic carboxylic acids is 1. The summed E-state index contributed by atoms with van der Waals surface area (Å²) in [6.45, 7) is 0.382. The standard InChI is InChI=1S/C22H17NO4/c24-21(25)20-11-10-18-13-16(8-9-19(18)14-20)7-4-12-23-22(26)27-15-17-5-2-1-3-6-17/h1-3,5-6,8-11,13-14H,12,15H2,(H,23,26)(H,24,25). The highest BCUT2D eigenvalue weighted by Gasteiger charge is 2.04. The van der Waals surface area contributed by atoms with Crippen LogP contribution < -0.4 is 5.32 Å². The zero-order valence-electron chi connectivity index (χ0n) is 14.4. The molecule has 0 unspecified atom stereocenters. The molecule has 0 fully saturated rings. The molecule has 27 heavy (non-hydrogen) atoms. The molecule has 1 amide bonds. The second kappa shape index (κ2) is 8.54. The van der Waals surface area contributed by atoms with Gasteiger partial charge in [-0.2, -0.15) is 0 Å². The van der Waals surface area contributed by atoms with Gasteiger partial charge >= 0.3 is 12.1 Å². The van der Waals surface area contributed by atoms with Crippen LogP contribution in [-0.2, 0) is 11.3 Å². The Bertz CT molecular complexity index is 1030.